The van der Waals surface area contributed by atoms with E-state index in [1.807, 2.05) is 39.1 Å². The molecule has 5 nitrogen and oxygen atoms in total. The minimum atomic E-state index is -0.107. The fourth-order valence-electron chi connectivity index (χ4n) is 2.53. The summed E-state index contributed by atoms with van der Waals surface area (Å²) < 4.78 is 7.59. The molecule has 0 bridgehead atoms. The molecular formula is C18H23N3O2. The third-order valence-electron chi connectivity index (χ3n) is 4.09. The Kier molecular flexibility index (Phi) is 4.37. The Morgan fingerprint density at radius 2 is 2.17 bits per heavy atom. The summed E-state index contributed by atoms with van der Waals surface area (Å²) in [5, 5.41) is 7.16. The van der Waals surface area contributed by atoms with Crippen molar-refractivity contribution in [1.82, 2.24) is 15.1 Å². The number of ether oxygens (including phenoxy) is 1. The van der Waals surface area contributed by atoms with Crippen LogP contribution in [0.15, 0.2) is 24.4 Å². The predicted molar refractivity (Wildman–Crippen MR) is 88.5 cm³/mol. The number of hydrogen-bond acceptors (Lipinski definition) is 3. The number of aryl methyl sites for hydroxylation is 3. The summed E-state index contributed by atoms with van der Waals surface area (Å²) in [6.07, 6.45) is 4.26. The number of carbonyl (C=O) groups is 1. The maximum atomic E-state index is 12.3. The van der Waals surface area contributed by atoms with Crippen molar-refractivity contribution < 1.29 is 9.53 Å². The molecule has 1 aromatic carbocycles. The van der Waals surface area contributed by atoms with Crippen molar-refractivity contribution >= 4 is 5.91 Å². The Hall–Kier alpha value is -2.30. The summed E-state index contributed by atoms with van der Waals surface area (Å²) in [5.41, 5.74) is 3.51. The number of nitrogens with one attached hydrogen (secondary N) is 1. The Morgan fingerprint density at radius 3 is 2.83 bits per heavy atom. The van der Waals surface area contributed by atoms with Gasteiger partial charge in [-0.25, -0.2) is 0 Å². The summed E-state index contributed by atoms with van der Waals surface area (Å²) in [7, 11) is 1.81. The Balaban J connectivity index is 1.66. The van der Waals surface area contributed by atoms with Crippen LogP contribution in [0.1, 0.15) is 40.0 Å². The largest absolute Gasteiger partial charge is 0.493 e. The smallest absolute Gasteiger partial charge is 0.255 e. The van der Waals surface area contributed by atoms with Crippen molar-refractivity contribution in [3.8, 4) is 5.75 Å². The molecule has 0 aliphatic heterocycles. The number of aromatic nitrogens is 2. The molecule has 1 heterocycles. The van der Waals surface area contributed by atoms with Gasteiger partial charge in [0.25, 0.3) is 5.91 Å². The Bertz CT molecular complexity index is 717. The zero-order chi connectivity index (χ0) is 16.4. The third-order valence-corrected chi connectivity index (χ3v) is 4.09. The molecule has 0 atom stereocenters. The van der Waals surface area contributed by atoms with E-state index >= 15 is 0 Å². The van der Waals surface area contributed by atoms with Crippen LogP contribution in [0.4, 0.5) is 0 Å². The molecule has 1 saturated carbocycles. The Morgan fingerprint density at radius 1 is 1.39 bits per heavy atom. The maximum absolute atomic E-state index is 12.3. The average Bonchev–Trinajstić information content (AvgIpc) is 3.27. The van der Waals surface area contributed by atoms with Crippen LogP contribution in [0.25, 0.3) is 0 Å². The average molecular weight is 313 g/mol. The third kappa shape index (κ3) is 3.92. The van der Waals surface area contributed by atoms with Crippen LogP contribution in [0.2, 0.25) is 0 Å². The molecule has 1 fully saturated rings. The molecule has 0 spiro atoms. The number of carbonyl (C=O) groups excluding carboxylic acids is 1. The van der Waals surface area contributed by atoms with Gasteiger partial charge in [-0.3, -0.25) is 9.48 Å². The van der Waals surface area contributed by atoms with Gasteiger partial charge in [0.05, 0.1) is 17.9 Å². The van der Waals surface area contributed by atoms with Gasteiger partial charge in [0, 0.05) is 25.4 Å². The van der Waals surface area contributed by atoms with Gasteiger partial charge in [-0.1, -0.05) is 12.1 Å². The minimum absolute atomic E-state index is 0.107. The molecule has 1 amide bonds. The molecule has 23 heavy (non-hydrogen) atoms. The van der Waals surface area contributed by atoms with Crippen LogP contribution < -0.4 is 10.1 Å². The van der Waals surface area contributed by atoms with Gasteiger partial charge in [0.2, 0.25) is 0 Å². The molecule has 2 aromatic rings. The fraction of sp³-hybridized carbons (Fsp3) is 0.444. The molecule has 1 N–H and O–H groups in total. The predicted octanol–water partition coefficient (Wildman–Crippen LogP) is 2.76. The normalized spacial score (nSPS) is 13.9. The maximum Gasteiger partial charge on any atom is 0.255 e. The number of hydrogen-bond donors (Lipinski definition) is 1. The summed E-state index contributed by atoms with van der Waals surface area (Å²) >= 11 is 0. The van der Waals surface area contributed by atoms with E-state index < -0.39 is 0 Å². The van der Waals surface area contributed by atoms with E-state index in [9.17, 15) is 4.79 Å². The summed E-state index contributed by atoms with van der Waals surface area (Å²) in [6, 6.07) is 6.11. The lowest BCUT2D eigenvalue weighted by atomic mass is 10.1. The van der Waals surface area contributed by atoms with Gasteiger partial charge < -0.3 is 10.1 Å². The lowest BCUT2D eigenvalue weighted by molar-refractivity contribution is 0.0950. The first-order valence-corrected chi connectivity index (χ1v) is 8.03. The number of benzene rings is 1. The van der Waals surface area contributed by atoms with Gasteiger partial charge >= 0.3 is 0 Å². The van der Waals surface area contributed by atoms with Crippen LogP contribution in [0, 0.1) is 19.8 Å². The van der Waals surface area contributed by atoms with Crippen LogP contribution in [0.5, 0.6) is 5.75 Å². The summed E-state index contributed by atoms with van der Waals surface area (Å²) in [6.45, 7) is 5.11. The van der Waals surface area contributed by atoms with Crippen molar-refractivity contribution in [1.29, 1.82) is 0 Å². The van der Waals surface area contributed by atoms with Gasteiger partial charge in [-0.05, 0) is 44.2 Å². The lowest BCUT2D eigenvalue weighted by Crippen LogP contribution is -2.23. The Labute approximate surface area is 136 Å². The van der Waals surface area contributed by atoms with E-state index in [1.165, 1.54) is 12.8 Å². The zero-order valence-electron chi connectivity index (χ0n) is 13.9. The van der Waals surface area contributed by atoms with Crippen LogP contribution in [-0.4, -0.2) is 22.3 Å². The van der Waals surface area contributed by atoms with Crippen molar-refractivity contribution in [3.63, 3.8) is 0 Å². The van der Waals surface area contributed by atoms with Gasteiger partial charge in [0.15, 0.2) is 0 Å². The molecular weight excluding hydrogens is 290 g/mol. The highest BCUT2D eigenvalue weighted by molar-refractivity contribution is 5.94. The molecule has 1 aliphatic rings. The molecule has 5 heteroatoms. The zero-order valence-corrected chi connectivity index (χ0v) is 13.9. The van der Waals surface area contributed by atoms with Gasteiger partial charge in [-0.15, -0.1) is 0 Å². The molecule has 0 radical (unpaired) electrons. The second kappa shape index (κ2) is 6.44. The number of rotatable bonds is 6. The van der Waals surface area contributed by atoms with Gasteiger partial charge in [0.1, 0.15) is 5.75 Å². The molecule has 3 rings (SSSR count). The van der Waals surface area contributed by atoms with E-state index in [1.54, 1.807) is 10.9 Å². The van der Waals surface area contributed by atoms with Crippen LogP contribution in [-0.2, 0) is 13.6 Å². The highest BCUT2D eigenvalue weighted by atomic mass is 16.5. The topological polar surface area (TPSA) is 56.2 Å². The quantitative estimate of drug-likeness (QED) is 0.892. The summed E-state index contributed by atoms with van der Waals surface area (Å²) in [4.78, 5) is 12.3. The first kappa shape index (κ1) is 15.6. The molecule has 1 aliphatic carbocycles. The second-order valence-corrected chi connectivity index (χ2v) is 6.35. The van der Waals surface area contributed by atoms with Crippen LogP contribution in [0.3, 0.4) is 0 Å². The highest BCUT2D eigenvalue weighted by Crippen LogP contribution is 2.30. The van der Waals surface area contributed by atoms with Crippen molar-refractivity contribution in [3.05, 3.63) is 46.8 Å². The standard InChI is InChI=1S/C18H23N3O2/c1-12-4-7-15(17(8-12)23-11-14-5-6-14)9-19-18(22)16-10-21(3)20-13(16)2/h4,7-8,10,14H,5-6,9,11H2,1-3H3,(H,19,22). The molecule has 1 aromatic heterocycles. The second-order valence-electron chi connectivity index (χ2n) is 6.35. The monoisotopic (exact) mass is 313 g/mol. The number of nitrogens with zero attached hydrogens (tertiary/aromatic N) is 2. The van der Waals surface area contributed by atoms with Crippen molar-refractivity contribution in [2.24, 2.45) is 13.0 Å². The van der Waals surface area contributed by atoms with Crippen molar-refractivity contribution in [2.45, 2.75) is 33.2 Å². The SMILES string of the molecule is Cc1ccc(CNC(=O)c2cn(C)nc2C)c(OCC2CC2)c1. The van der Waals surface area contributed by atoms with E-state index in [-0.39, 0.29) is 5.91 Å². The van der Waals surface area contributed by atoms with Crippen molar-refractivity contribution in [2.75, 3.05) is 6.61 Å². The number of amides is 1. The fourth-order valence-corrected chi connectivity index (χ4v) is 2.53. The van der Waals surface area contributed by atoms with E-state index in [4.69, 9.17) is 4.74 Å². The molecule has 0 saturated heterocycles. The first-order valence-electron chi connectivity index (χ1n) is 8.03. The van der Waals surface area contributed by atoms with E-state index in [2.05, 4.69) is 10.4 Å². The van der Waals surface area contributed by atoms with Gasteiger partial charge in [-0.2, -0.15) is 5.10 Å². The first-order chi connectivity index (χ1) is 11.0. The van der Waals surface area contributed by atoms with E-state index in [0.29, 0.717) is 18.0 Å². The minimum Gasteiger partial charge on any atom is -0.493 e. The lowest BCUT2D eigenvalue weighted by Gasteiger charge is -2.13. The molecule has 122 valence electrons. The van der Waals surface area contributed by atoms with Crippen LogP contribution >= 0.6 is 0 Å². The highest BCUT2D eigenvalue weighted by Gasteiger charge is 2.22. The molecule has 0 unspecified atom stereocenters. The summed E-state index contributed by atoms with van der Waals surface area (Å²) in [5.74, 6) is 1.47. The van der Waals surface area contributed by atoms with E-state index in [0.717, 1.165) is 29.2 Å².